The van der Waals surface area contributed by atoms with E-state index in [1.165, 1.54) is 5.56 Å². The summed E-state index contributed by atoms with van der Waals surface area (Å²) in [7, 11) is 1.85. The fourth-order valence-corrected chi connectivity index (χ4v) is 3.73. The van der Waals surface area contributed by atoms with Crippen LogP contribution in [0.1, 0.15) is 41.7 Å². The van der Waals surface area contributed by atoms with Crippen LogP contribution in [0, 0.1) is 5.92 Å². The number of benzene rings is 1. The second-order valence-corrected chi connectivity index (χ2v) is 7.12. The molecule has 25 heavy (non-hydrogen) atoms. The van der Waals surface area contributed by atoms with Gasteiger partial charge in [0.2, 0.25) is 0 Å². The van der Waals surface area contributed by atoms with E-state index in [0.717, 1.165) is 44.3 Å². The highest BCUT2D eigenvalue weighted by atomic mass is 16.3. The number of hydrogen-bond acceptors (Lipinski definition) is 2. The van der Waals surface area contributed by atoms with Crippen LogP contribution in [0.25, 0.3) is 0 Å². The van der Waals surface area contributed by atoms with Crippen LogP contribution in [-0.4, -0.2) is 40.2 Å². The van der Waals surface area contributed by atoms with Crippen molar-refractivity contribution < 1.29 is 9.90 Å². The molecule has 1 fully saturated rings. The second kappa shape index (κ2) is 8.34. The second-order valence-electron chi connectivity index (χ2n) is 7.12. The van der Waals surface area contributed by atoms with Gasteiger partial charge in [-0.2, -0.15) is 0 Å². The highest BCUT2D eigenvalue weighted by molar-refractivity contribution is 5.92. The van der Waals surface area contributed by atoms with Crippen LogP contribution >= 0.6 is 0 Å². The molecule has 1 aromatic carbocycles. The first-order valence-corrected chi connectivity index (χ1v) is 9.28. The fraction of sp³-hybridized carbons (Fsp3) is 0.476. The number of nitrogens with zero attached hydrogens (tertiary/aromatic N) is 2. The van der Waals surface area contributed by atoms with Gasteiger partial charge in [-0.1, -0.05) is 43.2 Å². The average molecular weight is 340 g/mol. The maximum absolute atomic E-state index is 12.8. The maximum Gasteiger partial charge on any atom is 0.270 e. The Morgan fingerprint density at radius 1 is 1.16 bits per heavy atom. The number of amides is 1. The van der Waals surface area contributed by atoms with Crippen molar-refractivity contribution in [1.82, 2.24) is 9.47 Å². The summed E-state index contributed by atoms with van der Waals surface area (Å²) < 4.78 is 2.03. The van der Waals surface area contributed by atoms with Crippen LogP contribution in [0.15, 0.2) is 48.7 Å². The molecule has 0 saturated heterocycles. The molecule has 3 rings (SSSR count). The number of hydrogen-bond donors (Lipinski definition) is 1. The van der Waals surface area contributed by atoms with E-state index < -0.39 is 0 Å². The van der Waals surface area contributed by atoms with Crippen LogP contribution in [0.5, 0.6) is 0 Å². The van der Waals surface area contributed by atoms with Crippen molar-refractivity contribution in [1.29, 1.82) is 0 Å². The zero-order chi connectivity index (χ0) is 17.6. The lowest BCUT2D eigenvalue weighted by molar-refractivity contribution is 0.0446. The minimum atomic E-state index is -0.270. The van der Waals surface area contributed by atoms with Gasteiger partial charge < -0.3 is 14.6 Å². The summed E-state index contributed by atoms with van der Waals surface area (Å²) in [4.78, 5) is 14.6. The van der Waals surface area contributed by atoms with Crippen molar-refractivity contribution in [2.24, 2.45) is 5.92 Å². The molecule has 1 aliphatic carbocycles. The number of aryl methyl sites for hydroxylation is 2. The molecule has 1 aromatic heterocycles. The van der Waals surface area contributed by atoms with Gasteiger partial charge in [0.05, 0.1) is 6.10 Å². The zero-order valence-corrected chi connectivity index (χ0v) is 15.0. The Morgan fingerprint density at radius 3 is 2.68 bits per heavy atom. The predicted molar refractivity (Wildman–Crippen MR) is 99.5 cm³/mol. The molecule has 4 nitrogen and oxygen atoms in total. The Hall–Kier alpha value is -2.07. The normalized spacial score (nSPS) is 20.4. The van der Waals surface area contributed by atoms with Gasteiger partial charge >= 0.3 is 0 Å². The average Bonchev–Trinajstić information content (AvgIpc) is 3.10. The van der Waals surface area contributed by atoms with Crippen LogP contribution in [0.2, 0.25) is 0 Å². The van der Waals surface area contributed by atoms with Crippen molar-refractivity contribution >= 4 is 5.91 Å². The van der Waals surface area contributed by atoms with Crippen molar-refractivity contribution in [2.45, 2.75) is 44.8 Å². The van der Waals surface area contributed by atoms with Gasteiger partial charge in [-0.25, -0.2) is 0 Å². The first-order valence-electron chi connectivity index (χ1n) is 9.28. The molecule has 2 unspecified atom stereocenters. The third-order valence-electron chi connectivity index (χ3n) is 5.26. The van der Waals surface area contributed by atoms with E-state index in [9.17, 15) is 9.90 Å². The number of carbonyl (C=O) groups excluding carboxylic acids is 1. The summed E-state index contributed by atoms with van der Waals surface area (Å²) in [5.74, 6) is 0.242. The highest BCUT2D eigenvalue weighted by Gasteiger charge is 2.26. The molecular formula is C21H28N2O2. The lowest BCUT2D eigenvalue weighted by atomic mass is 9.86. The molecule has 1 saturated carbocycles. The molecule has 0 spiro atoms. The summed E-state index contributed by atoms with van der Waals surface area (Å²) in [5, 5.41) is 10.2. The largest absolute Gasteiger partial charge is 0.393 e. The van der Waals surface area contributed by atoms with E-state index in [2.05, 4.69) is 12.1 Å². The highest BCUT2D eigenvalue weighted by Crippen LogP contribution is 2.25. The van der Waals surface area contributed by atoms with E-state index in [1.807, 2.05) is 48.1 Å². The van der Waals surface area contributed by atoms with Crippen molar-refractivity contribution in [3.05, 3.63) is 59.9 Å². The lowest BCUT2D eigenvalue weighted by Gasteiger charge is -2.31. The van der Waals surface area contributed by atoms with E-state index >= 15 is 0 Å². The third-order valence-corrected chi connectivity index (χ3v) is 5.26. The quantitative estimate of drug-likeness (QED) is 0.876. The third kappa shape index (κ3) is 4.51. The summed E-state index contributed by atoms with van der Waals surface area (Å²) in [6.07, 6.45) is 6.72. The maximum atomic E-state index is 12.8. The summed E-state index contributed by atoms with van der Waals surface area (Å²) >= 11 is 0. The van der Waals surface area contributed by atoms with Gasteiger partial charge in [0.1, 0.15) is 5.69 Å². The minimum Gasteiger partial charge on any atom is -0.393 e. The first kappa shape index (κ1) is 17.7. The Balaban J connectivity index is 1.61. The Kier molecular flexibility index (Phi) is 5.92. The number of aromatic nitrogens is 1. The van der Waals surface area contributed by atoms with Crippen molar-refractivity contribution in [2.75, 3.05) is 13.6 Å². The molecular weight excluding hydrogens is 312 g/mol. The van der Waals surface area contributed by atoms with Gasteiger partial charge in [-0.05, 0) is 37.0 Å². The summed E-state index contributed by atoms with van der Waals surface area (Å²) in [6, 6.07) is 14.1. The molecule has 134 valence electrons. The number of aliphatic hydroxyl groups is 1. The van der Waals surface area contributed by atoms with Crippen LogP contribution in [0.4, 0.5) is 0 Å². The van der Waals surface area contributed by atoms with E-state index in [-0.39, 0.29) is 17.9 Å². The molecule has 0 radical (unpaired) electrons. The first-order chi connectivity index (χ1) is 12.1. The SMILES string of the molecule is CN(CC1CCCCC1O)C(=O)c1cccn1CCc1ccccc1. The molecule has 1 N–H and O–H groups in total. The van der Waals surface area contributed by atoms with Gasteiger partial charge in [-0.3, -0.25) is 4.79 Å². The zero-order valence-electron chi connectivity index (χ0n) is 15.0. The van der Waals surface area contributed by atoms with Crippen molar-refractivity contribution in [3.8, 4) is 0 Å². The monoisotopic (exact) mass is 340 g/mol. The van der Waals surface area contributed by atoms with Gasteiger partial charge in [0.15, 0.2) is 0 Å². The van der Waals surface area contributed by atoms with Gasteiger partial charge in [0, 0.05) is 32.3 Å². The topological polar surface area (TPSA) is 45.5 Å². The Morgan fingerprint density at radius 2 is 1.92 bits per heavy atom. The van der Waals surface area contributed by atoms with Crippen LogP contribution in [0.3, 0.4) is 0 Å². The molecule has 1 amide bonds. The van der Waals surface area contributed by atoms with Crippen LogP contribution < -0.4 is 0 Å². The van der Waals surface area contributed by atoms with Gasteiger partial charge in [-0.15, -0.1) is 0 Å². The fourth-order valence-electron chi connectivity index (χ4n) is 3.73. The molecule has 0 aliphatic heterocycles. The number of rotatable bonds is 6. The van der Waals surface area contributed by atoms with Crippen LogP contribution in [-0.2, 0) is 13.0 Å². The lowest BCUT2D eigenvalue weighted by Crippen LogP contribution is -2.38. The molecule has 0 bridgehead atoms. The van der Waals surface area contributed by atoms with Gasteiger partial charge in [0.25, 0.3) is 5.91 Å². The van der Waals surface area contributed by atoms with Crippen molar-refractivity contribution in [3.63, 3.8) is 0 Å². The Bertz CT molecular complexity index is 680. The molecule has 2 aromatic rings. The number of carbonyl (C=O) groups is 1. The summed E-state index contributed by atoms with van der Waals surface area (Å²) in [5.41, 5.74) is 2.00. The number of aliphatic hydroxyl groups excluding tert-OH is 1. The Labute approximate surface area is 150 Å². The van der Waals surface area contributed by atoms with E-state index in [1.54, 1.807) is 4.90 Å². The predicted octanol–water partition coefficient (Wildman–Crippen LogP) is 3.35. The molecule has 4 heteroatoms. The minimum absolute atomic E-state index is 0.0378. The molecule has 2 atom stereocenters. The van der Waals surface area contributed by atoms with E-state index in [4.69, 9.17) is 0 Å². The standard InChI is InChI=1S/C21H28N2O2/c1-22(16-18-10-5-6-12-20(18)24)21(25)19-11-7-14-23(19)15-13-17-8-3-2-4-9-17/h2-4,7-9,11,14,18,20,24H,5-6,10,12-13,15-16H2,1H3. The smallest absolute Gasteiger partial charge is 0.270 e. The molecule has 1 heterocycles. The van der Waals surface area contributed by atoms with E-state index in [0.29, 0.717) is 6.54 Å². The summed E-state index contributed by atoms with van der Waals surface area (Å²) in [6.45, 7) is 1.42. The molecule has 1 aliphatic rings.